The Bertz CT molecular complexity index is 553. The first-order valence-electron chi connectivity index (χ1n) is 4.45. The fourth-order valence-corrected chi connectivity index (χ4v) is 1.27. The van der Waals surface area contributed by atoms with E-state index >= 15 is 0 Å². The second-order valence-electron chi connectivity index (χ2n) is 3.13. The summed E-state index contributed by atoms with van der Waals surface area (Å²) in [5.74, 6) is -2.35. The van der Waals surface area contributed by atoms with Crippen LogP contribution < -0.4 is 0 Å². The zero-order valence-corrected chi connectivity index (χ0v) is 8.63. The molecule has 0 unspecified atom stereocenters. The van der Waals surface area contributed by atoms with E-state index in [0.717, 1.165) is 0 Å². The van der Waals surface area contributed by atoms with E-state index in [-0.39, 0.29) is 0 Å². The molecule has 9 heteroatoms. The third-order valence-corrected chi connectivity index (χ3v) is 1.96. The van der Waals surface area contributed by atoms with Gasteiger partial charge in [0.15, 0.2) is 5.69 Å². The lowest BCUT2D eigenvalue weighted by atomic mass is 10.1. The van der Waals surface area contributed by atoms with Gasteiger partial charge in [-0.25, -0.2) is 8.78 Å². The molecule has 0 atom stereocenters. The maximum atomic E-state index is 12.6. The van der Waals surface area contributed by atoms with Crippen LogP contribution in [0.25, 0.3) is 0 Å². The zero-order valence-electron chi connectivity index (χ0n) is 8.63. The predicted octanol–water partition coefficient (Wildman–Crippen LogP) is 1.43. The van der Waals surface area contributed by atoms with E-state index in [0.29, 0.717) is 6.07 Å². The number of carboxylic acids is 1. The largest absolute Gasteiger partial charge is 0.481 e. The maximum absolute atomic E-state index is 12.6. The lowest BCUT2D eigenvalue weighted by Gasteiger charge is -2.04. The fourth-order valence-electron chi connectivity index (χ4n) is 1.27. The summed E-state index contributed by atoms with van der Waals surface area (Å²) in [6.07, 6.45) is -3.97. The predicted molar refractivity (Wildman–Crippen MR) is 51.9 cm³/mol. The number of alkyl halides is 2. The van der Waals surface area contributed by atoms with Crippen molar-refractivity contribution in [2.45, 2.75) is 12.8 Å². The van der Waals surface area contributed by atoms with Crippen molar-refractivity contribution >= 4 is 11.8 Å². The van der Waals surface area contributed by atoms with Crippen molar-refractivity contribution in [3.8, 4) is 6.07 Å². The van der Waals surface area contributed by atoms with Crippen molar-refractivity contribution in [1.82, 2.24) is 4.98 Å². The first-order chi connectivity index (χ1) is 8.36. The van der Waals surface area contributed by atoms with E-state index in [1.54, 1.807) is 0 Å². The Labute approximate surface area is 98.4 Å². The highest BCUT2D eigenvalue weighted by molar-refractivity contribution is 5.71. The minimum absolute atomic E-state index is 0.467. The summed E-state index contributed by atoms with van der Waals surface area (Å²) < 4.78 is 25.3. The fraction of sp³-hybridized carbons (Fsp3) is 0.222. The second kappa shape index (κ2) is 5.13. The second-order valence-corrected chi connectivity index (χ2v) is 3.13. The van der Waals surface area contributed by atoms with Gasteiger partial charge in [-0.15, -0.1) is 0 Å². The lowest BCUT2D eigenvalue weighted by Crippen LogP contribution is -2.09. The van der Waals surface area contributed by atoms with E-state index in [4.69, 9.17) is 10.4 Å². The van der Waals surface area contributed by atoms with Crippen LogP contribution in [0, 0.1) is 21.4 Å². The number of rotatable bonds is 4. The molecule has 0 aliphatic carbocycles. The van der Waals surface area contributed by atoms with Gasteiger partial charge in [0, 0.05) is 11.6 Å². The summed E-state index contributed by atoms with van der Waals surface area (Å²) in [6, 6.07) is 1.86. The van der Waals surface area contributed by atoms with Crippen LogP contribution in [0.2, 0.25) is 0 Å². The highest BCUT2D eigenvalue weighted by Gasteiger charge is 2.26. The van der Waals surface area contributed by atoms with Crippen LogP contribution in [0.4, 0.5) is 14.6 Å². The Morgan fingerprint density at radius 3 is 2.67 bits per heavy atom. The van der Waals surface area contributed by atoms with Gasteiger partial charge in [-0.1, -0.05) is 0 Å². The van der Waals surface area contributed by atoms with Crippen molar-refractivity contribution in [2.75, 3.05) is 0 Å². The van der Waals surface area contributed by atoms with Crippen LogP contribution in [0.15, 0.2) is 6.07 Å². The van der Waals surface area contributed by atoms with Crippen molar-refractivity contribution in [2.24, 2.45) is 0 Å². The molecule has 0 bridgehead atoms. The van der Waals surface area contributed by atoms with Crippen LogP contribution in [-0.2, 0) is 11.2 Å². The number of hydrogen-bond acceptors (Lipinski definition) is 5. The summed E-state index contributed by atoms with van der Waals surface area (Å²) in [4.78, 5) is 23.2. The van der Waals surface area contributed by atoms with Gasteiger partial charge < -0.3 is 15.2 Å². The maximum Gasteiger partial charge on any atom is 0.364 e. The minimum atomic E-state index is -3.13. The molecule has 0 aromatic carbocycles. The highest BCUT2D eigenvalue weighted by atomic mass is 19.3. The van der Waals surface area contributed by atoms with E-state index in [9.17, 15) is 23.7 Å². The molecule has 0 fully saturated rings. The quantitative estimate of drug-likeness (QED) is 0.643. The molecule has 0 radical (unpaired) electrons. The molecule has 0 spiro atoms. The van der Waals surface area contributed by atoms with Crippen LogP contribution in [-0.4, -0.2) is 21.0 Å². The molecule has 0 amide bonds. The van der Waals surface area contributed by atoms with Gasteiger partial charge in [0.25, 0.3) is 6.43 Å². The molecule has 1 N–H and O–H groups in total. The van der Waals surface area contributed by atoms with Crippen molar-refractivity contribution < 1.29 is 23.6 Å². The number of nitrogens with zero attached hydrogens (tertiary/aromatic N) is 3. The van der Waals surface area contributed by atoms with Crippen molar-refractivity contribution in [3.05, 3.63) is 33.0 Å². The number of nitriles is 1. The summed E-state index contributed by atoms with van der Waals surface area (Å²) in [6.45, 7) is 0. The molecular weight excluding hydrogens is 252 g/mol. The molecule has 1 heterocycles. The van der Waals surface area contributed by atoms with Crippen LogP contribution in [0.5, 0.6) is 0 Å². The van der Waals surface area contributed by atoms with Gasteiger partial charge in [0.05, 0.1) is 0 Å². The third-order valence-electron chi connectivity index (χ3n) is 1.96. The molecule has 7 nitrogen and oxygen atoms in total. The Morgan fingerprint density at radius 2 is 2.28 bits per heavy atom. The number of aliphatic carboxylic acids is 1. The third kappa shape index (κ3) is 2.73. The molecule has 94 valence electrons. The number of carbonyl (C=O) groups is 1. The molecule has 0 aliphatic rings. The molecule has 1 aromatic rings. The van der Waals surface area contributed by atoms with Crippen LogP contribution >= 0.6 is 0 Å². The number of hydrogen-bond donors (Lipinski definition) is 1. The van der Waals surface area contributed by atoms with Gasteiger partial charge in [-0.3, -0.25) is 4.79 Å². The summed E-state index contributed by atoms with van der Waals surface area (Å²) in [5, 5.41) is 27.7. The number of halogens is 2. The highest BCUT2D eigenvalue weighted by Crippen LogP contribution is 2.27. The zero-order chi connectivity index (χ0) is 13.9. The Balaban J connectivity index is 3.51. The smallest absolute Gasteiger partial charge is 0.364 e. The molecule has 0 aliphatic heterocycles. The number of pyridine rings is 1. The Morgan fingerprint density at radius 1 is 1.67 bits per heavy atom. The van der Waals surface area contributed by atoms with E-state index < -0.39 is 46.4 Å². The number of carboxylic acid groups (broad SMARTS) is 1. The monoisotopic (exact) mass is 257 g/mol. The molecule has 1 aromatic heterocycles. The molecule has 1 rings (SSSR count). The molecule has 0 saturated carbocycles. The Hall–Kier alpha value is -2.63. The number of nitro groups is 1. The average Bonchev–Trinajstić information content (AvgIpc) is 2.26. The first kappa shape index (κ1) is 13.4. The summed E-state index contributed by atoms with van der Waals surface area (Å²) in [7, 11) is 0. The van der Waals surface area contributed by atoms with E-state index in [2.05, 4.69) is 4.98 Å². The standard InChI is InChI=1S/C9H5F2N3O4/c10-9(11)4-1-7(14(17)18)13-6(2-8(15)16)5(4)3-12/h1,9H,2H2,(H,15,16). The number of aromatic nitrogens is 1. The van der Waals surface area contributed by atoms with Crippen LogP contribution in [0.1, 0.15) is 23.2 Å². The molecule has 0 saturated heterocycles. The average molecular weight is 257 g/mol. The van der Waals surface area contributed by atoms with Crippen LogP contribution in [0.3, 0.4) is 0 Å². The minimum Gasteiger partial charge on any atom is -0.481 e. The lowest BCUT2D eigenvalue weighted by molar-refractivity contribution is -0.389. The topological polar surface area (TPSA) is 117 Å². The normalized spacial score (nSPS) is 10.1. The van der Waals surface area contributed by atoms with Gasteiger partial charge >= 0.3 is 11.8 Å². The van der Waals surface area contributed by atoms with Crippen molar-refractivity contribution in [1.29, 1.82) is 5.26 Å². The van der Waals surface area contributed by atoms with Gasteiger partial charge in [-0.05, 0) is 9.91 Å². The summed E-state index contributed by atoms with van der Waals surface area (Å²) >= 11 is 0. The van der Waals surface area contributed by atoms with Gasteiger partial charge in [0.2, 0.25) is 0 Å². The SMILES string of the molecule is N#Cc1c(C(F)F)cc([N+](=O)[O-])nc1CC(=O)O. The van der Waals surface area contributed by atoms with E-state index in [1.807, 2.05) is 0 Å². The Kier molecular flexibility index (Phi) is 3.83. The first-order valence-corrected chi connectivity index (χ1v) is 4.45. The summed E-state index contributed by atoms with van der Waals surface area (Å²) in [5.41, 5.74) is -2.08. The van der Waals surface area contributed by atoms with Crippen molar-refractivity contribution in [3.63, 3.8) is 0 Å². The van der Waals surface area contributed by atoms with Gasteiger partial charge in [0.1, 0.15) is 18.1 Å². The van der Waals surface area contributed by atoms with Gasteiger partial charge in [-0.2, -0.15) is 5.26 Å². The molecular formula is C9H5F2N3O4. The van der Waals surface area contributed by atoms with E-state index in [1.165, 1.54) is 6.07 Å². The molecule has 18 heavy (non-hydrogen) atoms.